The number of methoxy groups -OCH3 is 1. The molecule has 0 spiro atoms. The van der Waals surface area contributed by atoms with Gasteiger partial charge in [-0.25, -0.2) is 0 Å². The lowest BCUT2D eigenvalue weighted by Crippen LogP contribution is -2.10. The lowest BCUT2D eigenvalue weighted by molar-refractivity contribution is 0.406. The Morgan fingerprint density at radius 2 is 2.36 bits per heavy atom. The summed E-state index contributed by atoms with van der Waals surface area (Å²) in [6.45, 7) is 3.65. The van der Waals surface area contributed by atoms with Gasteiger partial charge in [0.2, 0.25) is 0 Å². The molecule has 1 atom stereocenters. The van der Waals surface area contributed by atoms with Gasteiger partial charge in [-0.1, -0.05) is 23.7 Å². The summed E-state index contributed by atoms with van der Waals surface area (Å²) in [6.07, 6.45) is 2.51. The predicted molar refractivity (Wildman–Crippen MR) is 59.7 cm³/mol. The van der Waals surface area contributed by atoms with Gasteiger partial charge in [-0.15, -0.1) is 6.58 Å². The fraction of sp³-hybridized carbons (Fsp3) is 0.273. The molecule has 2 N–H and O–H groups in total. The second-order valence-electron chi connectivity index (χ2n) is 3.02. The topological polar surface area (TPSA) is 35.2 Å². The molecule has 1 rings (SSSR count). The van der Waals surface area contributed by atoms with Gasteiger partial charge in [0.25, 0.3) is 0 Å². The summed E-state index contributed by atoms with van der Waals surface area (Å²) in [4.78, 5) is 0. The van der Waals surface area contributed by atoms with E-state index in [-0.39, 0.29) is 6.04 Å². The summed E-state index contributed by atoms with van der Waals surface area (Å²) in [6, 6.07) is 5.37. The van der Waals surface area contributed by atoms with Crippen LogP contribution < -0.4 is 10.5 Å². The highest BCUT2D eigenvalue weighted by atomic mass is 35.5. The summed E-state index contributed by atoms with van der Waals surface area (Å²) < 4.78 is 5.19. The van der Waals surface area contributed by atoms with Gasteiger partial charge in [-0.3, -0.25) is 0 Å². The molecule has 0 bridgehead atoms. The van der Waals surface area contributed by atoms with Crippen molar-refractivity contribution >= 4 is 11.6 Å². The molecule has 1 aromatic carbocycles. The van der Waals surface area contributed by atoms with E-state index in [1.807, 2.05) is 12.1 Å². The molecular formula is C11H14ClNO. The van der Waals surface area contributed by atoms with Crippen molar-refractivity contribution in [2.45, 2.75) is 12.5 Å². The molecule has 0 aliphatic carbocycles. The second kappa shape index (κ2) is 5.03. The third kappa shape index (κ3) is 2.50. The number of rotatable bonds is 4. The standard InChI is InChI=1S/C11H14ClNO/c1-3-4-10(13)9-6-5-8(12)7-11(9)14-2/h3,5-7,10H,1,4,13H2,2H3. The van der Waals surface area contributed by atoms with Crippen molar-refractivity contribution in [1.82, 2.24) is 0 Å². The van der Waals surface area contributed by atoms with Crippen molar-refractivity contribution in [2.24, 2.45) is 5.73 Å². The van der Waals surface area contributed by atoms with Crippen LogP contribution in [-0.2, 0) is 0 Å². The predicted octanol–water partition coefficient (Wildman–Crippen LogP) is 2.92. The van der Waals surface area contributed by atoms with Crippen molar-refractivity contribution in [2.75, 3.05) is 7.11 Å². The SMILES string of the molecule is C=CCC(N)c1ccc(Cl)cc1OC. The minimum atomic E-state index is -0.0836. The van der Waals surface area contributed by atoms with Crippen LogP contribution >= 0.6 is 11.6 Å². The van der Waals surface area contributed by atoms with Crippen LogP contribution in [0.3, 0.4) is 0 Å². The molecule has 1 unspecified atom stereocenters. The molecule has 0 fully saturated rings. The molecule has 0 aromatic heterocycles. The molecule has 3 heteroatoms. The smallest absolute Gasteiger partial charge is 0.125 e. The number of nitrogens with two attached hydrogens (primary N) is 1. The minimum Gasteiger partial charge on any atom is -0.496 e. The molecule has 14 heavy (non-hydrogen) atoms. The molecule has 0 aliphatic rings. The van der Waals surface area contributed by atoms with Crippen LogP contribution in [0.4, 0.5) is 0 Å². The fourth-order valence-corrected chi connectivity index (χ4v) is 1.46. The van der Waals surface area contributed by atoms with Crippen molar-refractivity contribution in [3.8, 4) is 5.75 Å². The number of hydrogen-bond donors (Lipinski definition) is 1. The molecular weight excluding hydrogens is 198 g/mol. The molecule has 1 aromatic rings. The monoisotopic (exact) mass is 211 g/mol. The normalized spacial score (nSPS) is 12.2. The Morgan fingerprint density at radius 1 is 1.64 bits per heavy atom. The Bertz CT molecular complexity index is 325. The van der Waals surface area contributed by atoms with E-state index >= 15 is 0 Å². The molecule has 76 valence electrons. The van der Waals surface area contributed by atoms with Crippen molar-refractivity contribution in [3.63, 3.8) is 0 Å². The van der Waals surface area contributed by atoms with Gasteiger partial charge in [0.15, 0.2) is 0 Å². The molecule has 0 radical (unpaired) electrons. The van der Waals surface area contributed by atoms with E-state index in [1.165, 1.54) is 0 Å². The van der Waals surface area contributed by atoms with Crippen molar-refractivity contribution < 1.29 is 4.74 Å². The number of ether oxygens (including phenoxy) is 1. The van der Waals surface area contributed by atoms with Gasteiger partial charge in [0.05, 0.1) is 7.11 Å². The summed E-state index contributed by atoms with van der Waals surface area (Å²) in [5, 5.41) is 0.649. The highest BCUT2D eigenvalue weighted by Crippen LogP contribution is 2.28. The Morgan fingerprint density at radius 3 is 2.93 bits per heavy atom. The summed E-state index contributed by atoms with van der Waals surface area (Å²) >= 11 is 5.84. The lowest BCUT2D eigenvalue weighted by atomic mass is 10.0. The Hall–Kier alpha value is -0.990. The first-order chi connectivity index (χ1) is 6.69. The maximum atomic E-state index is 5.94. The molecule has 0 saturated heterocycles. The Balaban J connectivity index is 3.00. The first-order valence-electron chi connectivity index (χ1n) is 4.39. The molecule has 0 aliphatic heterocycles. The van der Waals surface area contributed by atoms with Crippen LogP contribution in [-0.4, -0.2) is 7.11 Å². The zero-order valence-corrected chi connectivity index (χ0v) is 8.92. The van der Waals surface area contributed by atoms with Gasteiger partial charge in [0.1, 0.15) is 5.75 Å². The molecule has 2 nitrogen and oxygen atoms in total. The first-order valence-corrected chi connectivity index (χ1v) is 4.76. The Kier molecular flexibility index (Phi) is 3.98. The zero-order chi connectivity index (χ0) is 10.6. The van der Waals surface area contributed by atoms with Crippen LogP contribution in [0.1, 0.15) is 18.0 Å². The van der Waals surface area contributed by atoms with Crippen LogP contribution in [0.5, 0.6) is 5.75 Å². The van der Waals surface area contributed by atoms with Gasteiger partial charge < -0.3 is 10.5 Å². The highest BCUT2D eigenvalue weighted by Gasteiger charge is 2.10. The van der Waals surface area contributed by atoms with Crippen LogP contribution in [0.2, 0.25) is 5.02 Å². The zero-order valence-electron chi connectivity index (χ0n) is 8.16. The van der Waals surface area contributed by atoms with E-state index in [0.29, 0.717) is 5.02 Å². The van der Waals surface area contributed by atoms with E-state index in [9.17, 15) is 0 Å². The van der Waals surface area contributed by atoms with Crippen molar-refractivity contribution in [3.05, 3.63) is 41.4 Å². The van der Waals surface area contributed by atoms with E-state index < -0.39 is 0 Å². The van der Waals surface area contributed by atoms with Crippen LogP contribution in [0.25, 0.3) is 0 Å². The van der Waals surface area contributed by atoms with Gasteiger partial charge in [0, 0.05) is 16.6 Å². The van der Waals surface area contributed by atoms with Gasteiger partial charge in [-0.05, 0) is 18.6 Å². The minimum absolute atomic E-state index is 0.0836. The maximum absolute atomic E-state index is 5.94. The van der Waals surface area contributed by atoms with E-state index in [2.05, 4.69) is 6.58 Å². The van der Waals surface area contributed by atoms with E-state index in [0.717, 1.165) is 17.7 Å². The highest BCUT2D eigenvalue weighted by molar-refractivity contribution is 6.30. The van der Waals surface area contributed by atoms with Crippen LogP contribution in [0.15, 0.2) is 30.9 Å². The lowest BCUT2D eigenvalue weighted by Gasteiger charge is -2.14. The van der Waals surface area contributed by atoms with Crippen LogP contribution in [0, 0.1) is 0 Å². The third-order valence-corrected chi connectivity index (χ3v) is 2.25. The van der Waals surface area contributed by atoms with Crippen molar-refractivity contribution in [1.29, 1.82) is 0 Å². The summed E-state index contributed by atoms with van der Waals surface area (Å²) in [5.74, 6) is 0.729. The summed E-state index contributed by atoms with van der Waals surface area (Å²) in [7, 11) is 1.61. The van der Waals surface area contributed by atoms with Gasteiger partial charge in [-0.2, -0.15) is 0 Å². The van der Waals surface area contributed by atoms with E-state index in [4.69, 9.17) is 22.1 Å². The molecule has 0 amide bonds. The number of benzene rings is 1. The quantitative estimate of drug-likeness (QED) is 0.778. The molecule has 0 saturated carbocycles. The third-order valence-electron chi connectivity index (χ3n) is 2.02. The first kappa shape index (κ1) is 11.1. The average molecular weight is 212 g/mol. The number of hydrogen-bond acceptors (Lipinski definition) is 2. The summed E-state index contributed by atoms with van der Waals surface area (Å²) in [5.41, 5.74) is 6.89. The fourth-order valence-electron chi connectivity index (χ4n) is 1.30. The number of halogens is 1. The Labute approximate surface area is 89.3 Å². The molecule has 0 heterocycles. The average Bonchev–Trinajstić information content (AvgIpc) is 2.17. The van der Waals surface area contributed by atoms with E-state index in [1.54, 1.807) is 19.3 Å². The maximum Gasteiger partial charge on any atom is 0.125 e. The largest absolute Gasteiger partial charge is 0.496 e. The van der Waals surface area contributed by atoms with Gasteiger partial charge >= 0.3 is 0 Å². The second-order valence-corrected chi connectivity index (χ2v) is 3.45.